The summed E-state index contributed by atoms with van der Waals surface area (Å²) in [6.07, 6.45) is 3.47. The summed E-state index contributed by atoms with van der Waals surface area (Å²) in [4.78, 5) is 24.5. The van der Waals surface area contributed by atoms with E-state index in [2.05, 4.69) is 16.0 Å². The Hall–Kier alpha value is -2.57. The fourth-order valence-electron chi connectivity index (χ4n) is 3.37. The molecule has 1 aliphatic carbocycles. The number of carbonyl (C=O) groups excluding carboxylic acids is 2. The third-order valence-corrected chi connectivity index (χ3v) is 4.86. The molecule has 0 aromatic heterocycles. The summed E-state index contributed by atoms with van der Waals surface area (Å²) < 4.78 is 0. The third kappa shape index (κ3) is 5.71. The van der Waals surface area contributed by atoms with Gasteiger partial charge in [0.2, 0.25) is 5.91 Å². The molecule has 3 rings (SSSR count). The van der Waals surface area contributed by atoms with E-state index in [1.807, 2.05) is 55.5 Å². The van der Waals surface area contributed by atoms with Crippen molar-refractivity contribution in [1.29, 1.82) is 0 Å². The zero-order chi connectivity index (χ0) is 19.3. The molecule has 0 spiro atoms. The third-order valence-electron chi connectivity index (χ3n) is 4.86. The second kappa shape index (κ2) is 9.57. The Morgan fingerprint density at radius 2 is 1.61 bits per heavy atom. The first-order chi connectivity index (χ1) is 12.9. The lowest BCUT2D eigenvalue weighted by molar-refractivity contribution is -0.126. The van der Waals surface area contributed by atoms with Gasteiger partial charge in [-0.15, -0.1) is 12.4 Å². The zero-order valence-corrected chi connectivity index (χ0v) is 16.8. The number of amides is 3. The monoisotopic (exact) mass is 402 g/mol. The number of urea groups is 1. The minimum atomic E-state index is -0.733. The molecule has 0 radical (unpaired) electrons. The maximum Gasteiger partial charge on any atom is 0.323 e. The number of hydrogen-bond donors (Lipinski definition) is 4. The van der Waals surface area contributed by atoms with Crippen LogP contribution < -0.4 is 21.7 Å². The Balaban J connectivity index is 0.00000280. The molecule has 28 heavy (non-hydrogen) atoms. The minimum Gasteiger partial charge on any atom is -0.350 e. The van der Waals surface area contributed by atoms with Gasteiger partial charge in [0.05, 0.1) is 5.54 Å². The van der Waals surface area contributed by atoms with Crippen LogP contribution in [0, 0.1) is 6.92 Å². The Labute approximate surface area is 171 Å². The SMILES string of the molecule is Cc1cccc(NC(=O)Nc2cccc(CNC(=O)C3(N)CCCC3)c2)c1.Cl. The second-order valence-corrected chi connectivity index (χ2v) is 7.19. The molecule has 0 atom stereocenters. The molecule has 0 aliphatic heterocycles. The molecule has 1 fully saturated rings. The lowest BCUT2D eigenvalue weighted by Gasteiger charge is -2.22. The topological polar surface area (TPSA) is 96.2 Å². The van der Waals surface area contributed by atoms with Crippen LogP contribution in [0.25, 0.3) is 0 Å². The van der Waals surface area contributed by atoms with Crippen molar-refractivity contribution in [2.75, 3.05) is 10.6 Å². The lowest BCUT2D eigenvalue weighted by Crippen LogP contribution is -2.51. The molecule has 2 aromatic rings. The Kier molecular flexibility index (Phi) is 7.43. The maximum atomic E-state index is 12.3. The lowest BCUT2D eigenvalue weighted by atomic mass is 9.98. The molecule has 1 saturated carbocycles. The summed E-state index contributed by atoms with van der Waals surface area (Å²) in [6.45, 7) is 2.35. The predicted octanol–water partition coefficient (Wildman–Crippen LogP) is 3.95. The fourth-order valence-corrected chi connectivity index (χ4v) is 3.37. The van der Waals surface area contributed by atoms with Gasteiger partial charge >= 0.3 is 6.03 Å². The Bertz CT molecular complexity index is 835. The highest BCUT2D eigenvalue weighted by Gasteiger charge is 2.36. The fraction of sp³-hybridized carbons (Fsp3) is 0.333. The quantitative estimate of drug-likeness (QED) is 0.609. The average Bonchev–Trinajstić information content (AvgIpc) is 3.08. The summed E-state index contributed by atoms with van der Waals surface area (Å²) in [6, 6.07) is 14.7. The molecule has 0 unspecified atom stereocenters. The van der Waals surface area contributed by atoms with E-state index in [-0.39, 0.29) is 24.3 Å². The highest BCUT2D eigenvalue weighted by atomic mass is 35.5. The van der Waals surface area contributed by atoms with Crippen LogP contribution in [-0.4, -0.2) is 17.5 Å². The number of aryl methyl sites for hydroxylation is 1. The smallest absolute Gasteiger partial charge is 0.323 e. The van der Waals surface area contributed by atoms with Crippen molar-refractivity contribution in [2.24, 2.45) is 5.73 Å². The van der Waals surface area contributed by atoms with E-state index in [1.165, 1.54) is 0 Å². The Morgan fingerprint density at radius 3 is 2.25 bits per heavy atom. The van der Waals surface area contributed by atoms with E-state index in [0.717, 1.165) is 42.5 Å². The van der Waals surface area contributed by atoms with Gasteiger partial charge in [0.15, 0.2) is 0 Å². The minimum absolute atomic E-state index is 0. The zero-order valence-electron chi connectivity index (χ0n) is 16.0. The van der Waals surface area contributed by atoms with Crippen LogP contribution in [-0.2, 0) is 11.3 Å². The summed E-state index contributed by atoms with van der Waals surface area (Å²) in [5.74, 6) is -0.101. The number of benzene rings is 2. The molecule has 2 aromatic carbocycles. The van der Waals surface area contributed by atoms with E-state index in [9.17, 15) is 9.59 Å². The number of nitrogens with one attached hydrogen (secondary N) is 3. The normalized spacial score (nSPS) is 14.6. The number of anilines is 2. The van der Waals surface area contributed by atoms with Gasteiger partial charge in [-0.05, 0) is 55.2 Å². The summed E-state index contributed by atoms with van der Waals surface area (Å²) in [5, 5.41) is 8.54. The van der Waals surface area contributed by atoms with E-state index in [0.29, 0.717) is 12.2 Å². The van der Waals surface area contributed by atoms with Crippen LogP contribution in [0.2, 0.25) is 0 Å². The van der Waals surface area contributed by atoms with Crippen molar-refractivity contribution in [2.45, 2.75) is 44.7 Å². The summed E-state index contributed by atoms with van der Waals surface area (Å²) in [7, 11) is 0. The standard InChI is InChI=1S/C21H26N4O2.ClH/c1-15-6-4-8-17(12-15)24-20(27)25-18-9-5-7-16(13-18)14-23-19(26)21(22)10-2-3-11-21;/h4-9,12-13H,2-3,10-11,14,22H2,1H3,(H,23,26)(H2,24,25,27);1H. The first kappa shape index (κ1) is 21.7. The van der Waals surface area contributed by atoms with Crippen LogP contribution in [0.5, 0.6) is 0 Å². The molecule has 7 heteroatoms. The van der Waals surface area contributed by atoms with Crippen LogP contribution >= 0.6 is 12.4 Å². The number of carbonyl (C=O) groups is 2. The molecule has 150 valence electrons. The molecular formula is C21H27ClN4O2. The van der Waals surface area contributed by atoms with Crippen molar-refractivity contribution in [3.63, 3.8) is 0 Å². The first-order valence-electron chi connectivity index (χ1n) is 9.25. The van der Waals surface area contributed by atoms with E-state index in [1.54, 1.807) is 0 Å². The van der Waals surface area contributed by atoms with Gasteiger partial charge in [-0.3, -0.25) is 4.79 Å². The summed E-state index contributed by atoms with van der Waals surface area (Å²) in [5.41, 5.74) is 8.81. The molecular weight excluding hydrogens is 376 g/mol. The molecule has 0 saturated heterocycles. The maximum absolute atomic E-state index is 12.3. The molecule has 6 nitrogen and oxygen atoms in total. The van der Waals surface area contributed by atoms with Gasteiger partial charge in [0, 0.05) is 17.9 Å². The van der Waals surface area contributed by atoms with Crippen molar-refractivity contribution in [3.05, 3.63) is 59.7 Å². The van der Waals surface area contributed by atoms with Crippen molar-refractivity contribution >= 4 is 35.7 Å². The first-order valence-corrected chi connectivity index (χ1v) is 9.25. The van der Waals surface area contributed by atoms with Gasteiger partial charge in [-0.2, -0.15) is 0 Å². The molecule has 3 amide bonds. The van der Waals surface area contributed by atoms with E-state index >= 15 is 0 Å². The molecule has 0 bridgehead atoms. The number of hydrogen-bond acceptors (Lipinski definition) is 3. The average molecular weight is 403 g/mol. The van der Waals surface area contributed by atoms with Crippen molar-refractivity contribution in [1.82, 2.24) is 5.32 Å². The van der Waals surface area contributed by atoms with E-state index < -0.39 is 5.54 Å². The number of nitrogens with two attached hydrogens (primary N) is 1. The van der Waals surface area contributed by atoms with Crippen LogP contribution in [0.4, 0.5) is 16.2 Å². The predicted molar refractivity (Wildman–Crippen MR) is 115 cm³/mol. The van der Waals surface area contributed by atoms with Crippen LogP contribution in [0.1, 0.15) is 36.8 Å². The van der Waals surface area contributed by atoms with Crippen LogP contribution in [0.15, 0.2) is 48.5 Å². The van der Waals surface area contributed by atoms with E-state index in [4.69, 9.17) is 5.73 Å². The second-order valence-electron chi connectivity index (χ2n) is 7.19. The number of rotatable bonds is 5. The summed E-state index contributed by atoms with van der Waals surface area (Å²) >= 11 is 0. The van der Waals surface area contributed by atoms with Crippen molar-refractivity contribution < 1.29 is 9.59 Å². The van der Waals surface area contributed by atoms with Crippen molar-refractivity contribution in [3.8, 4) is 0 Å². The Morgan fingerprint density at radius 1 is 1.00 bits per heavy atom. The molecule has 1 aliphatic rings. The molecule has 5 N–H and O–H groups in total. The highest BCUT2D eigenvalue weighted by molar-refractivity contribution is 5.99. The molecule has 0 heterocycles. The highest BCUT2D eigenvalue weighted by Crippen LogP contribution is 2.27. The van der Waals surface area contributed by atoms with Gasteiger partial charge in [-0.25, -0.2) is 4.79 Å². The largest absolute Gasteiger partial charge is 0.350 e. The van der Waals surface area contributed by atoms with Crippen LogP contribution in [0.3, 0.4) is 0 Å². The van der Waals surface area contributed by atoms with Gasteiger partial charge in [0.1, 0.15) is 0 Å². The van der Waals surface area contributed by atoms with Gasteiger partial charge in [0.25, 0.3) is 0 Å². The van der Waals surface area contributed by atoms with Gasteiger partial charge < -0.3 is 21.7 Å². The number of halogens is 1. The van der Waals surface area contributed by atoms with Gasteiger partial charge in [-0.1, -0.05) is 37.1 Å².